The number of carbonyl (C=O) groups is 3. The topological polar surface area (TPSA) is 71.8 Å². The first-order chi connectivity index (χ1) is 15.2. The number of nitrogens with zero attached hydrogens (tertiary/aromatic N) is 3. The van der Waals surface area contributed by atoms with Gasteiger partial charge in [0.1, 0.15) is 0 Å². The number of likely N-dealkylation sites (N-methyl/N-ethyl adjacent to an activating group) is 1. The molecule has 0 aliphatic carbocycles. The summed E-state index contributed by atoms with van der Waals surface area (Å²) in [6.07, 6.45) is 1.17. The highest BCUT2D eigenvalue weighted by molar-refractivity contribution is 6.30. The van der Waals surface area contributed by atoms with Gasteiger partial charge in [-0.3, -0.25) is 14.4 Å². The van der Waals surface area contributed by atoms with Crippen LogP contribution in [0.5, 0.6) is 0 Å². The second-order valence-electron chi connectivity index (χ2n) is 8.17. The number of rotatable bonds is 6. The maximum absolute atomic E-state index is 13.1. The lowest BCUT2D eigenvalue weighted by Gasteiger charge is -2.32. The minimum atomic E-state index is -0.207. The molecule has 0 radical (unpaired) electrons. The molecular formula is C24H30ClN3O4. The minimum Gasteiger partial charge on any atom is -0.466 e. The monoisotopic (exact) mass is 459 g/mol. The van der Waals surface area contributed by atoms with Crippen LogP contribution in [-0.2, 0) is 14.3 Å². The first-order valence-electron chi connectivity index (χ1n) is 10.9. The van der Waals surface area contributed by atoms with Gasteiger partial charge >= 0.3 is 5.97 Å². The smallest absolute Gasteiger partial charge is 0.309 e. The fraction of sp³-hybridized carbons (Fsp3) is 0.458. The number of likely N-dealkylation sites (tertiary alicyclic amines) is 1. The van der Waals surface area contributed by atoms with Crippen molar-refractivity contribution in [1.29, 1.82) is 0 Å². The molecule has 1 aromatic heterocycles. The quantitative estimate of drug-likeness (QED) is 0.618. The summed E-state index contributed by atoms with van der Waals surface area (Å²) < 4.78 is 7.06. The molecule has 0 atom stereocenters. The van der Waals surface area contributed by atoms with Gasteiger partial charge in [0.15, 0.2) is 0 Å². The van der Waals surface area contributed by atoms with Gasteiger partial charge in [-0.1, -0.05) is 17.7 Å². The SMILES string of the molecule is CCOC(=O)C1CCN(C(=O)CN(C)C(=O)c2cc(C)n(-c3cccc(Cl)c3)c2C)CC1. The van der Waals surface area contributed by atoms with Gasteiger partial charge in [0.2, 0.25) is 5.91 Å². The van der Waals surface area contributed by atoms with E-state index in [9.17, 15) is 14.4 Å². The molecule has 8 heteroatoms. The molecule has 1 fully saturated rings. The number of hydrogen-bond acceptors (Lipinski definition) is 4. The number of ether oxygens (including phenoxy) is 1. The molecule has 1 aromatic carbocycles. The molecule has 0 bridgehead atoms. The van der Waals surface area contributed by atoms with Gasteiger partial charge in [0.05, 0.1) is 24.6 Å². The zero-order chi connectivity index (χ0) is 23.4. The van der Waals surface area contributed by atoms with Gasteiger partial charge in [0, 0.05) is 42.2 Å². The molecule has 2 heterocycles. The van der Waals surface area contributed by atoms with E-state index in [0.717, 1.165) is 17.1 Å². The van der Waals surface area contributed by atoms with Crippen molar-refractivity contribution < 1.29 is 19.1 Å². The predicted molar refractivity (Wildman–Crippen MR) is 123 cm³/mol. The van der Waals surface area contributed by atoms with E-state index in [1.807, 2.05) is 42.7 Å². The molecule has 1 aliphatic rings. The van der Waals surface area contributed by atoms with E-state index >= 15 is 0 Å². The molecular weight excluding hydrogens is 430 g/mol. The largest absolute Gasteiger partial charge is 0.466 e. The van der Waals surface area contributed by atoms with Crippen LogP contribution in [0.4, 0.5) is 0 Å². The summed E-state index contributed by atoms with van der Waals surface area (Å²) in [6.45, 7) is 6.95. The van der Waals surface area contributed by atoms with Crippen molar-refractivity contribution in [3.8, 4) is 5.69 Å². The summed E-state index contributed by atoms with van der Waals surface area (Å²) in [5.41, 5.74) is 3.15. The van der Waals surface area contributed by atoms with Crippen LogP contribution in [-0.4, -0.2) is 65.4 Å². The lowest BCUT2D eigenvalue weighted by Crippen LogP contribution is -2.45. The summed E-state index contributed by atoms with van der Waals surface area (Å²) in [4.78, 5) is 40.9. The average molecular weight is 460 g/mol. The van der Waals surface area contributed by atoms with Gasteiger partial charge in [-0.05, 0) is 57.9 Å². The van der Waals surface area contributed by atoms with E-state index in [0.29, 0.717) is 43.1 Å². The van der Waals surface area contributed by atoms with Crippen LogP contribution in [0, 0.1) is 19.8 Å². The Morgan fingerprint density at radius 2 is 1.84 bits per heavy atom. The molecule has 7 nitrogen and oxygen atoms in total. The van der Waals surface area contributed by atoms with E-state index in [1.165, 1.54) is 4.90 Å². The summed E-state index contributed by atoms with van der Waals surface area (Å²) in [7, 11) is 1.64. The number of piperidine rings is 1. The second kappa shape index (κ2) is 10.2. The van der Waals surface area contributed by atoms with Gasteiger partial charge in [-0.25, -0.2) is 0 Å². The van der Waals surface area contributed by atoms with Crippen molar-refractivity contribution in [3.63, 3.8) is 0 Å². The maximum atomic E-state index is 13.1. The highest BCUT2D eigenvalue weighted by Gasteiger charge is 2.29. The molecule has 2 aromatic rings. The number of aryl methyl sites for hydroxylation is 1. The Bertz CT molecular complexity index is 1010. The Morgan fingerprint density at radius 1 is 1.16 bits per heavy atom. The molecule has 0 spiro atoms. The van der Waals surface area contributed by atoms with Crippen LogP contribution in [0.3, 0.4) is 0 Å². The number of aromatic nitrogens is 1. The third-order valence-electron chi connectivity index (χ3n) is 5.91. The van der Waals surface area contributed by atoms with Crippen molar-refractivity contribution in [2.24, 2.45) is 5.92 Å². The van der Waals surface area contributed by atoms with Crippen molar-refractivity contribution in [2.75, 3.05) is 33.3 Å². The highest BCUT2D eigenvalue weighted by Crippen LogP contribution is 2.24. The lowest BCUT2D eigenvalue weighted by atomic mass is 9.97. The Kier molecular flexibility index (Phi) is 7.61. The fourth-order valence-corrected chi connectivity index (χ4v) is 4.38. The molecule has 1 saturated heterocycles. The first kappa shape index (κ1) is 23.9. The number of esters is 1. The molecule has 0 unspecified atom stereocenters. The van der Waals surface area contributed by atoms with E-state index in [-0.39, 0.29) is 30.2 Å². The molecule has 0 N–H and O–H groups in total. The number of amides is 2. The van der Waals surface area contributed by atoms with Gasteiger partial charge in [0.25, 0.3) is 5.91 Å². The van der Waals surface area contributed by atoms with Crippen molar-refractivity contribution in [1.82, 2.24) is 14.4 Å². The van der Waals surface area contributed by atoms with Crippen LogP contribution < -0.4 is 0 Å². The van der Waals surface area contributed by atoms with Crippen molar-refractivity contribution in [2.45, 2.75) is 33.6 Å². The van der Waals surface area contributed by atoms with Gasteiger partial charge < -0.3 is 19.1 Å². The highest BCUT2D eigenvalue weighted by atomic mass is 35.5. The lowest BCUT2D eigenvalue weighted by molar-refractivity contribution is -0.151. The first-order valence-corrected chi connectivity index (χ1v) is 11.3. The summed E-state index contributed by atoms with van der Waals surface area (Å²) in [6, 6.07) is 9.30. The normalized spacial score (nSPS) is 14.3. The average Bonchev–Trinajstić information content (AvgIpc) is 3.07. The zero-order valence-electron chi connectivity index (χ0n) is 19.1. The van der Waals surface area contributed by atoms with Crippen LogP contribution in [0.2, 0.25) is 5.02 Å². The maximum Gasteiger partial charge on any atom is 0.309 e. The second-order valence-corrected chi connectivity index (χ2v) is 8.60. The Labute approximate surface area is 193 Å². The number of benzene rings is 1. The van der Waals surface area contributed by atoms with E-state index in [1.54, 1.807) is 24.9 Å². The van der Waals surface area contributed by atoms with Crippen LogP contribution >= 0.6 is 11.6 Å². The van der Waals surface area contributed by atoms with Crippen molar-refractivity contribution in [3.05, 3.63) is 52.3 Å². The van der Waals surface area contributed by atoms with Crippen molar-refractivity contribution >= 4 is 29.4 Å². The Hall–Kier alpha value is -2.80. The Balaban J connectivity index is 1.65. The predicted octanol–water partition coefficient (Wildman–Crippen LogP) is 3.62. The Morgan fingerprint density at radius 3 is 2.47 bits per heavy atom. The molecule has 32 heavy (non-hydrogen) atoms. The third kappa shape index (κ3) is 5.15. The molecule has 0 saturated carbocycles. The number of halogens is 1. The van der Waals surface area contributed by atoms with Gasteiger partial charge in [-0.15, -0.1) is 0 Å². The summed E-state index contributed by atoms with van der Waals surface area (Å²) in [5.74, 6) is -0.676. The van der Waals surface area contributed by atoms with Crippen LogP contribution in [0.15, 0.2) is 30.3 Å². The molecule has 172 valence electrons. The zero-order valence-corrected chi connectivity index (χ0v) is 19.8. The fourth-order valence-electron chi connectivity index (χ4n) is 4.20. The standard InChI is InChI=1S/C24H30ClN3O4/c1-5-32-24(31)18-9-11-27(12-10-18)22(29)15-26(4)23(30)21-13-16(2)28(17(21)3)20-8-6-7-19(25)14-20/h6-8,13-14,18H,5,9-12,15H2,1-4H3. The molecule has 3 rings (SSSR count). The number of carbonyl (C=O) groups excluding carboxylic acids is 3. The summed E-state index contributed by atoms with van der Waals surface area (Å²) in [5, 5.41) is 0.623. The minimum absolute atomic E-state index is 0.0102. The van der Waals surface area contributed by atoms with E-state index in [4.69, 9.17) is 16.3 Å². The van der Waals surface area contributed by atoms with Gasteiger partial charge in [-0.2, -0.15) is 0 Å². The third-order valence-corrected chi connectivity index (χ3v) is 6.15. The van der Waals surface area contributed by atoms with Crippen LogP contribution in [0.25, 0.3) is 5.69 Å². The van der Waals surface area contributed by atoms with E-state index in [2.05, 4.69) is 0 Å². The molecule has 1 aliphatic heterocycles. The van der Waals surface area contributed by atoms with E-state index < -0.39 is 0 Å². The number of hydrogen-bond donors (Lipinski definition) is 0. The molecule has 2 amide bonds. The van der Waals surface area contributed by atoms with Crippen LogP contribution in [0.1, 0.15) is 41.5 Å². The summed E-state index contributed by atoms with van der Waals surface area (Å²) >= 11 is 6.14.